The van der Waals surface area contributed by atoms with E-state index in [0.717, 1.165) is 0 Å². The van der Waals surface area contributed by atoms with Gasteiger partial charge in [0.2, 0.25) is 0 Å². The minimum absolute atomic E-state index is 0.194. The van der Waals surface area contributed by atoms with Crippen LogP contribution < -0.4 is 0 Å². The van der Waals surface area contributed by atoms with E-state index < -0.39 is 12.1 Å². The molecule has 0 radical (unpaired) electrons. The molecule has 0 spiro atoms. The zero-order valence-electron chi connectivity index (χ0n) is 11.0. The Balaban J connectivity index is 1.91. The average molecular weight is 267 g/mol. The largest absolute Gasteiger partial charge is 0.449 e. The van der Waals surface area contributed by atoms with Gasteiger partial charge in [-0.2, -0.15) is 5.10 Å². The number of amides is 1. The van der Waals surface area contributed by atoms with Crippen LogP contribution in [0.5, 0.6) is 0 Å². The molecular weight excluding hydrogens is 250 g/mol. The van der Waals surface area contributed by atoms with Crippen molar-refractivity contribution >= 4 is 11.9 Å². The SMILES string of the molecule is CC(OC(=O)c1cnn(C)c1)C(=O)N1CCOCC1. The monoisotopic (exact) mass is 267 g/mol. The smallest absolute Gasteiger partial charge is 0.342 e. The minimum Gasteiger partial charge on any atom is -0.449 e. The summed E-state index contributed by atoms with van der Waals surface area (Å²) in [6, 6.07) is 0. The lowest BCUT2D eigenvalue weighted by molar-refractivity contribution is -0.143. The van der Waals surface area contributed by atoms with Gasteiger partial charge >= 0.3 is 5.97 Å². The van der Waals surface area contributed by atoms with Crippen LogP contribution in [0.3, 0.4) is 0 Å². The van der Waals surface area contributed by atoms with Gasteiger partial charge in [-0.05, 0) is 6.92 Å². The van der Waals surface area contributed by atoms with Gasteiger partial charge in [0.15, 0.2) is 6.10 Å². The number of morpholine rings is 1. The molecule has 0 bridgehead atoms. The molecular formula is C12H17N3O4. The number of hydrogen-bond donors (Lipinski definition) is 0. The van der Waals surface area contributed by atoms with Crippen molar-refractivity contribution in [2.75, 3.05) is 26.3 Å². The van der Waals surface area contributed by atoms with Crippen molar-refractivity contribution in [1.29, 1.82) is 0 Å². The van der Waals surface area contributed by atoms with Gasteiger partial charge in [-0.15, -0.1) is 0 Å². The summed E-state index contributed by atoms with van der Waals surface area (Å²) >= 11 is 0. The molecule has 0 saturated carbocycles. The Kier molecular flexibility index (Phi) is 4.16. The molecule has 1 aromatic rings. The molecule has 7 heteroatoms. The topological polar surface area (TPSA) is 73.7 Å². The maximum Gasteiger partial charge on any atom is 0.342 e. The van der Waals surface area contributed by atoms with Crippen LogP contribution in [0.15, 0.2) is 12.4 Å². The van der Waals surface area contributed by atoms with Crippen LogP contribution in [0.4, 0.5) is 0 Å². The summed E-state index contributed by atoms with van der Waals surface area (Å²) in [4.78, 5) is 25.5. The second-order valence-electron chi connectivity index (χ2n) is 4.39. The maximum atomic E-state index is 12.0. The molecule has 19 heavy (non-hydrogen) atoms. The van der Waals surface area contributed by atoms with Gasteiger partial charge in [0.1, 0.15) is 0 Å². The number of aryl methyl sites for hydroxylation is 1. The van der Waals surface area contributed by atoms with Crippen LogP contribution in [0.2, 0.25) is 0 Å². The van der Waals surface area contributed by atoms with Gasteiger partial charge in [-0.3, -0.25) is 9.48 Å². The van der Waals surface area contributed by atoms with Crippen molar-refractivity contribution in [3.63, 3.8) is 0 Å². The zero-order valence-corrected chi connectivity index (χ0v) is 11.0. The first-order valence-electron chi connectivity index (χ1n) is 6.14. The van der Waals surface area contributed by atoms with E-state index in [0.29, 0.717) is 31.9 Å². The fourth-order valence-corrected chi connectivity index (χ4v) is 1.85. The van der Waals surface area contributed by atoms with Crippen LogP contribution in [0.1, 0.15) is 17.3 Å². The number of nitrogens with zero attached hydrogens (tertiary/aromatic N) is 3. The molecule has 0 aliphatic carbocycles. The van der Waals surface area contributed by atoms with Crippen molar-refractivity contribution in [2.24, 2.45) is 7.05 Å². The van der Waals surface area contributed by atoms with Crippen molar-refractivity contribution in [3.05, 3.63) is 18.0 Å². The molecule has 1 unspecified atom stereocenters. The minimum atomic E-state index is -0.800. The lowest BCUT2D eigenvalue weighted by Gasteiger charge is -2.28. The van der Waals surface area contributed by atoms with Crippen LogP contribution in [0, 0.1) is 0 Å². The average Bonchev–Trinajstić information content (AvgIpc) is 2.85. The van der Waals surface area contributed by atoms with E-state index in [1.165, 1.54) is 10.9 Å². The highest BCUT2D eigenvalue weighted by atomic mass is 16.5. The third-order valence-corrected chi connectivity index (χ3v) is 2.89. The van der Waals surface area contributed by atoms with Crippen LogP contribution >= 0.6 is 0 Å². The summed E-state index contributed by atoms with van der Waals surface area (Å²) in [5.41, 5.74) is 0.337. The normalized spacial score (nSPS) is 17.1. The van der Waals surface area contributed by atoms with E-state index in [1.807, 2.05) is 0 Å². The molecule has 1 fully saturated rings. The Morgan fingerprint density at radius 3 is 2.68 bits per heavy atom. The highest BCUT2D eigenvalue weighted by molar-refractivity contribution is 5.91. The lowest BCUT2D eigenvalue weighted by Crippen LogP contribution is -2.46. The Bertz CT molecular complexity index is 465. The van der Waals surface area contributed by atoms with Gasteiger partial charge in [0.25, 0.3) is 5.91 Å². The number of carbonyl (C=O) groups is 2. The van der Waals surface area contributed by atoms with E-state index in [9.17, 15) is 9.59 Å². The second kappa shape index (κ2) is 5.83. The quantitative estimate of drug-likeness (QED) is 0.711. The summed E-state index contributed by atoms with van der Waals surface area (Å²) in [6.45, 7) is 3.69. The number of carbonyl (C=O) groups excluding carboxylic acids is 2. The van der Waals surface area contributed by atoms with E-state index in [2.05, 4.69) is 5.10 Å². The molecule has 1 saturated heterocycles. The van der Waals surface area contributed by atoms with Gasteiger partial charge in [0, 0.05) is 26.3 Å². The van der Waals surface area contributed by atoms with Crippen LogP contribution in [-0.2, 0) is 21.3 Å². The van der Waals surface area contributed by atoms with Crippen molar-refractivity contribution in [2.45, 2.75) is 13.0 Å². The summed E-state index contributed by atoms with van der Waals surface area (Å²) in [6.07, 6.45) is 2.16. The Hall–Kier alpha value is -1.89. The summed E-state index contributed by atoms with van der Waals surface area (Å²) in [7, 11) is 1.71. The number of esters is 1. The predicted molar refractivity (Wildman–Crippen MR) is 65.5 cm³/mol. The molecule has 1 aliphatic heterocycles. The van der Waals surface area contributed by atoms with Gasteiger partial charge in [-0.1, -0.05) is 0 Å². The van der Waals surface area contributed by atoms with Crippen molar-refractivity contribution < 1.29 is 19.1 Å². The standard InChI is InChI=1S/C12H17N3O4/c1-9(11(16)15-3-5-18-6-4-15)19-12(17)10-7-13-14(2)8-10/h7-9H,3-6H2,1-2H3. The summed E-state index contributed by atoms with van der Waals surface area (Å²) in [5.74, 6) is -0.734. The summed E-state index contributed by atoms with van der Waals surface area (Å²) in [5, 5.41) is 3.88. The van der Waals surface area contributed by atoms with E-state index >= 15 is 0 Å². The van der Waals surface area contributed by atoms with Crippen LogP contribution in [-0.4, -0.2) is 59.0 Å². The molecule has 0 N–H and O–H groups in total. The Labute approximate surface area is 111 Å². The first-order valence-corrected chi connectivity index (χ1v) is 6.14. The molecule has 7 nitrogen and oxygen atoms in total. The fraction of sp³-hybridized carbons (Fsp3) is 0.583. The Morgan fingerprint density at radius 2 is 2.11 bits per heavy atom. The third-order valence-electron chi connectivity index (χ3n) is 2.89. The number of hydrogen-bond acceptors (Lipinski definition) is 5. The summed E-state index contributed by atoms with van der Waals surface area (Å²) < 4.78 is 11.8. The number of rotatable bonds is 3. The van der Waals surface area contributed by atoms with Gasteiger partial charge < -0.3 is 14.4 Å². The first kappa shape index (κ1) is 13.5. The molecule has 1 aromatic heterocycles. The second-order valence-corrected chi connectivity index (χ2v) is 4.39. The molecule has 2 heterocycles. The number of ether oxygens (including phenoxy) is 2. The predicted octanol–water partition coefficient (Wildman–Crippen LogP) is -0.176. The molecule has 1 atom stereocenters. The highest BCUT2D eigenvalue weighted by Crippen LogP contribution is 2.07. The van der Waals surface area contributed by atoms with Gasteiger partial charge in [-0.25, -0.2) is 4.79 Å². The maximum absolute atomic E-state index is 12.0. The van der Waals surface area contributed by atoms with E-state index in [1.54, 1.807) is 25.1 Å². The molecule has 1 aliphatic rings. The first-order chi connectivity index (χ1) is 9.08. The van der Waals surface area contributed by atoms with E-state index in [-0.39, 0.29) is 5.91 Å². The molecule has 2 rings (SSSR count). The van der Waals surface area contributed by atoms with Crippen molar-refractivity contribution in [1.82, 2.24) is 14.7 Å². The Morgan fingerprint density at radius 1 is 1.42 bits per heavy atom. The molecule has 1 amide bonds. The molecule has 104 valence electrons. The van der Waals surface area contributed by atoms with Crippen LogP contribution in [0.25, 0.3) is 0 Å². The fourth-order valence-electron chi connectivity index (χ4n) is 1.85. The number of aromatic nitrogens is 2. The lowest BCUT2D eigenvalue weighted by atomic mass is 10.3. The third kappa shape index (κ3) is 3.31. The highest BCUT2D eigenvalue weighted by Gasteiger charge is 2.25. The molecule has 0 aromatic carbocycles. The zero-order chi connectivity index (χ0) is 13.8. The van der Waals surface area contributed by atoms with Crippen molar-refractivity contribution in [3.8, 4) is 0 Å². The van der Waals surface area contributed by atoms with Gasteiger partial charge in [0.05, 0.1) is 25.0 Å². The van der Waals surface area contributed by atoms with E-state index in [4.69, 9.17) is 9.47 Å².